The average Bonchev–Trinajstić information content (AvgIpc) is 3.09. The first-order valence-corrected chi connectivity index (χ1v) is 9.55. The molecule has 3 aromatic rings. The SMILES string of the molecule is CC(=NC(=O)CCC(=O)c1ccc(Cl)cc1)c1cc(-c2ccc(Cl)cc2)oc1O. The van der Waals surface area contributed by atoms with Gasteiger partial charge in [-0.25, -0.2) is 4.99 Å². The summed E-state index contributed by atoms with van der Waals surface area (Å²) in [6, 6.07) is 15.0. The zero-order valence-electron chi connectivity index (χ0n) is 15.5. The van der Waals surface area contributed by atoms with Gasteiger partial charge in [0.1, 0.15) is 5.76 Å². The standard InChI is InChI=1S/C22H17Cl2NO4/c1-13(18-12-20(29-22(18)28)15-4-8-17(24)9-5-15)25-21(27)11-10-19(26)14-2-6-16(23)7-3-14/h2-9,12,28H,10-11H2,1H3. The Morgan fingerprint density at radius 1 is 0.966 bits per heavy atom. The second-order valence-corrected chi connectivity index (χ2v) is 7.23. The largest absolute Gasteiger partial charge is 0.480 e. The fraction of sp³-hybridized carbons (Fsp3) is 0.136. The zero-order valence-corrected chi connectivity index (χ0v) is 17.0. The molecule has 1 N–H and O–H groups in total. The van der Waals surface area contributed by atoms with Gasteiger partial charge in [-0.2, -0.15) is 0 Å². The fourth-order valence-corrected chi connectivity index (χ4v) is 2.95. The molecule has 0 saturated carbocycles. The lowest BCUT2D eigenvalue weighted by Gasteiger charge is -2.00. The van der Waals surface area contributed by atoms with Crippen LogP contribution in [0.15, 0.2) is 64.0 Å². The predicted molar refractivity (Wildman–Crippen MR) is 113 cm³/mol. The van der Waals surface area contributed by atoms with Crippen LogP contribution in [0.5, 0.6) is 5.95 Å². The molecule has 0 aliphatic heterocycles. The van der Waals surface area contributed by atoms with Crippen molar-refractivity contribution in [3.05, 3.63) is 75.8 Å². The van der Waals surface area contributed by atoms with Gasteiger partial charge in [-0.1, -0.05) is 23.2 Å². The molecule has 5 nitrogen and oxygen atoms in total. The lowest BCUT2D eigenvalue weighted by Crippen LogP contribution is -2.05. The van der Waals surface area contributed by atoms with E-state index in [1.54, 1.807) is 61.5 Å². The molecule has 29 heavy (non-hydrogen) atoms. The van der Waals surface area contributed by atoms with Crippen molar-refractivity contribution in [2.45, 2.75) is 19.8 Å². The van der Waals surface area contributed by atoms with Crippen LogP contribution >= 0.6 is 23.2 Å². The number of carbonyl (C=O) groups excluding carboxylic acids is 2. The normalized spacial score (nSPS) is 11.5. The van der Waals surface area contributed by atoms with Crippen LogP contribution in [0.25, 0.3) is 11.3 Å². The molecule has 0 aliphatic carbocycles. The summed E-state index contributed by atoms with van der Waals surface area (Å²) in [5, 5.41) is 11.2. The van der Waals surface area contributed by atoms with Crippen LogP contribution in [0.4, 0.5) is 0 Å². The Morgan fingerprint density at radius 3 is 2.17 bits per heavy atom. The highest BCUT2D eigenvalue weighted by Gasteiger charge is 2.16. The van der Waals surface area contributed by atoms with E-state index in [0.29, 0.717) is 32.6 Å². The third-order valence-electron chi connectivity index (χ3n) is 4.26. The lowest BCUT2D eigenvalue weighted by molar-refractivity contribution is -0.117. The number of nitrogens with zero attached hydrogens (tertiary/aromatic N) is 1. The maximum absolute atomic E-state index is 12.2. The van der Waals surface area contributed by atoms with E-state index in [0.717, 1.165) is 5.56 Å². The van der Waals surface area contributed by atoms with E-state index in [2.05, 4.69) is 4.99 Å². The summed E-state index contributed by atoms with van der Waals surface area (Å²) in [5.74, 6) is -0.534. The summed E-state index contributed by atoms with van der Waals surface area (Å²) in [6.07, 6.45) is -0.00784. The van der Waals surface area contributed by atoms with E-state index < -0.39 is 5.91 Å². The molecule has 0 spiro atoms. The van der Waals surface area contributed by atoms with Gasteiger partial charge in [0, 0.05) is 34.0 Å². The third kappa shape index (κ3) is 5.34. The van der Waals surface area contributed by atoms with Gasteiger partial charge in [0.05, 0.1) is 11.3 Å². The molecule has 0 unspecified atom stereocenters. The van der Waals surface area contributed by atoms with Crippen LogP contribution in [0.1, 0.15) is 35.7 Å². The average molecular weight is 430 g/mol. The van der Waals surface area contributed by atoms with Crippen molar-refractivity contribution < 1.29 is 19.1 Å². The molecule has 1 aromatic heterocycles. The lowest BCUT2D eigenvalue weighted by atomic mass is 10.1. The van der Waals surface area contributed by atoms with Crippen molar-refractivity contribution in [3.8, 4) is 17.3 Å². The summed E-state index contributed by atoms with van der Waals surface area (Å²) in [4.78, 5) is 28.3. The molecule has 3 rings (SSSR count). The Morgan fingerprint density at radius 2 is 1.55 bits per heavy atom. The highest BCUT2D eigenvalue weighted by atomic mass is 35.5. The number of halogens is 2. The van der Waals surface area contributed by atoms with Crippen molar-refractivity contribution in [1.29, 1.82) is 0 Å². The zero-order chi connectivity index (χ0) is 21.0. The van der Waals surface area contributed by atoms with Gasteiger partial charge in [-0.05, 0) is 61.5 Å². The molecule has 0 atom stereocenters. The number of furan rings is 1. The van der Waals surface area contributed by atoms with Crippen LogP contribution in [-0.4, -0.2) is 22.5 Å². The van der Waals surface area contributed by atoms with Crippen molar-refractivity contribution in [3.63, 3.8) is 0 Å². The molecule has 1 amide bonds. The van der Waals surface area contributed by atoms with Gasteiger partial charge in [-0.3, -0.25) is 9.59 Å². The Balaban J connectivity index is 1.67. The summed E-state index contributed by atoms with van der Waals surface area (Å²) in [6.45, 7) is 1.59. The second-order valence-electron chi connectivity index (χ2n) is 6.36. The van der Waals surface area contributed by atoms with E-state index in [1.165, 1.54) is 0 Å². The second kappa shape index (κ2) is 9.07. The highest BCUT2D eigenvalue weighted by Crippen LogP contribution is 2.31. The van der Waals surface area contributed by atoms with Crippen molar-refractivity contribution in [2.75, 3.05) is 0 Å². The van der Waals surface area contributed by atoms with E-state index >= 15 is 0 Å². The molecule has 0 bridgehead atoms. The predicted octanol–water partition coefficient (Wildman–Crippen LogP) is 5.96. The topological polar surface area (TPSA) is 79.9 Å². The van der Waals surface area contributed by atoms with Crippen molar-refractivity contribution >= 4 is 40.6 Å². The quantitative estimate of drug-likeness (QED) is 0.387. The number of hydrogen-bond acceptors (Lipinski definition) is 4. The number of Topliss-reactive ketones (excluding diaryl/α,β-unsaturated/α-hetero) is 1. The highest BCUT2D eigenvalue weighted by molar-refractivity contribution is 6.31. The molecule has 0 fully saturated rings. The molecular formula is C22H17Cl2NO4. The van der Waals surface area contributed by atoms with E-state index in [-0.39, 0.29) is 24.6 Å². The smallest absolute Gasteiger partial charge is 0.291 e. The molecule has 148 valence electrons. The molecule has 7 heteroatoms. The summed E-state index contributed by atoms with van der Waals surface area (Å²) < 4.78 is 5.36. The molecule has 1 heterocycles. The van der Waals surface area contributed by atoms with Gasteiger partial charge in [-0.15, -0.1) is 0 Å². The summed E-state index contributed by atoms with van der Waals surface area (Å²) in [7, 11) is 0. The van der Waals surface area contributed by atoms with E-state index in [9.17, 15) is 14.7 Å². The summed E-state index contributed by atoms with van der Waals surface area (Å²) in [5.41, 5.74) is 1.83. The van der Waals surface area contributed by atoms with Gasteiger partial charge in [0.2, 0.25) is 5.91 Å². The van der Waals surface area contributed by atoms with Gasteiger partial charge < -0.3 is 9.52 Å². The Kier molecular flexibility index (Phi) is 6.52. The molecule has 0 saturated heterocycles. The van der Waals surface area contributed by atoms with Crippen molar-refractivity contribution in [1.82, 2.24) is 0 Å². The minimum Gasteiger partial charge on any atom is -0.480 e. The van der Waals surface area contributed by atoms with Crippen molar-refractivity contribution in [2.24, 2.45) is 4.99 Å². The van der Waals surface area contributed by atoms with Crippen LogP contribution in [0, 0.1) is 0 Å². The monoisotopic (exact) mass is 429 g/mol. The van der Waals surface area contributed by atoms with Crippen LogP contribution < -0.4 is 0 Å². The summed E-state index contributed by atoms with van der Waals surface area (Å²) >= 11 is 11.7. The molecular weight excluding hydrogens is 413 g/mol. The number of carbonyl (C=O) groups is 2. The number of aromatic hydroxyl groups is 1. The van der Waals surface area contributed by atoms with E-state index in [4.69, 9.17) is 27.6 Å². The minimum absolute atomic E-state index is 0.0324. The molecule has 2 aromatic carbocycles. The number of aliphatic imine (C=N–C) groups is 1. The van der Waals surface area contributed by atoms with Gasteiger partial charge in [0.25, 0.3) is 5.95 Å². The molecule has 0 radical (unpaired) electrons. The Hall–Kier alpha value is -2.89. The number of benzene rings is 2. The maximum atomic E-state index is 12.2. The van der Waals surface area contributed by atoms with Crippen LogP contribution in [-0.2, 0) is 4.79 Å². The number of hydrogen-bond donors (Lipinski definition) is 1. The first-order chi connectivity index (χ1) is 13.8. The Bertz CT molecular complexity index is 1070. The number of rotatable bonds is 6. The fourth-order valence-electron chi connectivity index (χ4n) is 2.70. The first-order valence-electron chi connectivity index (χ1n) is 8.79. The van der Waals surface area contributed by atoms with Crippen LogP contribution in [0.2, 0.25) is 10.0 Å². The first kappa shape index (κ1) is 20.8. The number of ketones is 1. The van der Waals surface area contributed by atoms with E-state index in [1.807, 2.05) is 0 Å². The third-order valence-corrected chi connectivity index (χ3v) is 4.76. The minimum atomic E-state index is -0.460. The van der Waals surface area contributed by atoms with Crippen LogP contribution in [0.3, 0.4) is 0 Å². The molecule has 0 aliphatic rings. The Labute approximate surface area is 177 Å². The maximum Gasteiger partial charge on any atom is 0.291 e. The van der Waals surface area contributed by atoms with Gasteiger partial charge in [0.15, 0.2) is 5.78 Å². The number of amides is 1. The van der Waals surface area contributed by atoms with Gasteiger partial charge >= 0.3 is 0 Å².